The second kappa shape index (κ2) is 9.26. The van der Waals surface area contributed by atoms with Crippen LogP contribution in [0.1, 0.15) is 37.3 Å². The van der Waals surface area contributed by atoms with Gasteiger partial charge in [0.15, 0.2) is 18.1 Å². The summed E-state index contributed by atoms with van der Waals surface area (Å²) in [6.45, 7) is 5.45. The molecule has 170 valence electrons. The maximum atomic E-state index is 13.4. The highest BCUT2D eigenvalue weighted by atomic mass is 35.5. The number of anilines is 1. The maximum absolute atomic E-state index is 13.4. The molecule has 0 spiro atoms. The highest BCUT2D eigenvalue weighted by molar-refractivity contribution is 6.32. The van der Waals surface area contributed by atoms with Gasteiger partial charge >= 0.3 is 6.18 Å². The van der Waals surface area contributed by atoms with Crippen molar-refractivity contribution in [2.45, 2.75) is 32.1 Å². The molecular formula is C20H23Cl2F3N4O2. The van der Waals surface area contributed by atoms with Crippen LogP contribution in [-0.2, 0) is 11.0 Å². The Morgan fingerprint density at radius 2 is 1.81 bits per heavy atom. The third kappa shape index (κ3) is 4.78. The van der Waals surface area contributed by atoms with Gasteiger partial charge in [-0.1, -0.05) is 37.0 Å². The van der Waals surface area contributed by atoms with Gasteiger partial charge in [0.25, 0.3) is 0 Å². The van der Waals surface area contributed by atoms with Crippen LogP contribution in [0.2, 0.25) is 10.0 Å². The molecule has 1 aliphatic heterocycles. The molecule has 0 radical (unpaired) electrons. The molecule has 0 saturated carbocycles. The normalized spacial score (nSPS) is 16.6. The smallest absolute Gasteiger partial charge is 0.436 e. The summed E-state index contributed by atoms with van der Waals surface area (Å²) in [5.74, 6) is 0.209. The Bertz CT molecular complexity index is 941. The predicted molar refractivity (Wildman–Crippen MR) is 113 cm³/mol. The number of carbonyl (C=O) groups is 1. The van der Waals surface area contributed by atoms with E-state index >= 15 is 0 Å². The van der Waals surface area contributed by atoms with Crippen molar-refractivity contribution in [2.75, 3.05) is 38.2 Å². The molecule has 1 saturated heterocycles. The quantitative estimate of drug-likeness (QED) is 0.554. The highest BCUT2D eigenvalue weighted by Gasteiger charge is 2.41. The fourth-order valence-electron chi connectivity index (χ4n) is 3.72. The lowest BCUT2D eigenvalue weighted by Crippen LogP contribution is -2.49. The number of carbonyl (C=O) groups excluding carboxylic acids is 1. The average Bonchev–Trinajstić information content (AvgIpc) is 3.07. The molecule has 1 atom stereocenters. The number of halogens is 5. The van der Waals surface area contributed by atoms with Crippen LogP contribution in [0.4, 0.5) is 18.9 Å². The molecule has 2 aromatic rings. The van der Waals surface area contributed by atoms with Crippen LogP contribution < -0.4 is 9.64 Å². The van der Waals surface area contributed by atoms with Crippen molar-refractivity contribution in [3.05, 3.63) is 39.6 Å². The second-order valence-electron chi connectivity index (χ2n) is 7.54. The molecule has 2 heterocycles. The SMILES string of the molecule is COc1cc(N2CCN(C(C=O)n3nc(C(F)(F)F)c(Cl)c3C(C)C)CC2)ccc1Cl. The number of ether oxygens (including phenoxy) is 1. The summed E-state index contributed by atoms with van der Waals surface area (Å²) in [7, 11) is 1.54. The summed E-state index contributed by atoms with van der Waals surface area (Å²) in [6, 6.07) is 5.45. The molecule has 0 N–H and O–H groups in total. The molecule has 0 amide bonds. The summed E-state index contributed by atoms with van der Waals surface area (Å²) in [5.41, 5.74) is -0.0690. The van der Waals surface area contributed by atoms with Crippen LogP contribution in [-0.4, -0.2) is 54.3 Å². The Hall–Kier alpha value is -1.97. The topological polar surface area (TPSA) is 50.6 Å². The first-order chi connectivity index (χ1) is 14.6. The van der Waals surface area contributed by atoms with Crippen molar-refractivity contribution in [2.24, 2.45) is 0 Å². The number of alkyl halides is 3. The van der Waals surface area contributed by atoms with Gasteiger partial charge in [-0.2, -0.15) is 18.3 Å². The third-order valence-corrected chi connectivity index (χ3v) is 5.95. The summed E-state index contributed by atoms with van der Waals surface area (Å²) < 4.78 is 46.4. The first kappa shape index (κ1) is 23.7. The molecule has 1 aromatic heterocycles. The minimum Gasteiger partial charge on any atom is -0.495 e. The van der Waals surface area contributed by atoms with Crippen molar-refractivity contribution < 1.29 is 22.7 Å². The van der Waals surface area contributed by atoms with E-state index in [-0.39, 0.29) is 11.6 Å². The number of hydrogen-bond acceptors (Lipinski definition) is 5. The van der Waals surface area contributed by atoms with Crippen molar-refractivity contribution >= 4 is 35.2 Å². The number of methoxy groups -OCH3 is 1. The molecule has 0 bridgehead atoms. The number of rotatable bonds is 6. The number of nitrogens with zero attached hydrogens (tertiary/aromatic N) is 4. The van der Waals surface area contributed by atoms with Gasteiger partial charge in [-0.05, 0) is 18.1 Å². The van der Waals surface area contributed by atoms with Gasteiger partial charge in [0, 0.05) is 37.9 Å². The number of piperazine rings is 1. The van der Waals surface area contributed by atoms with E-state index in [2.05, 4.69) is 10.00 Å². The Balaban J connectivity index is 1.83. The van der Waals surface area contributed by atoms with E-state index in [4.69, 9.17) is 27.9 Å². The Labute approximate surface area is 188 Å². The number of aromatic nitrogens is 2. The molecule has 31 heavy (non-hydrogen) atoms. The van der Waals surface area contributed by atoms with Crippen LogP contribution in [0, 0.1) is 0 Å². The van der Waals surface area contributed by atoms with Gasteiger partial charge in [-0.3, -0.25) is 9.69 Å². The highest BCUT2D eigenvalue weighted by Crippen LogP contribution is 2.39. The van der Waals surface area contributed by atoms with Gasteiger partial charge < -0.3 is 9.64 Å². The van der Waals surface area contributed by atoms with Gasteiger partial charge in [-0.15, -0.1) is 0 Å². The monoisotopic (exact) mass is 478 g/mol. The Morgan fingerprint density at radius 1 is 1.16 bits per heavy atom. The van der Waals surface area contributed by atoms with Crippen LogP contribution in [0.5, 0.6) is 5.75 Å². The van der Waals surface area contributed by atoms with Crippen molar-refractivity contribution in [3.63, 3.8) is 0 Å². The second-order valence-corrected chi connectivity index (χ2v) is 8.32. The number of aldehydes is 1. The van der Waals surface area contributed by atoms with Gasteiger partial charge in [0.1, 0.15) is 5.75 Å². The van der Waals surface area contributed by atoms with E-state index in [1.54, 1.807) is 24.8 Å². The molecule has 3 rings (SSSR count). The lowest BCUT2D eigenvalue weighted by Gasteiger charge is -2.39. The van der Waals surface area contributed by atoms with Crippen LogP contribution in [0.15, 0.2) is 18.2 Å². The lowest BCUT2D eigenvalue weighted by atomic mass is 10.1. The predicted octanol–water partition coefficient (Wildman–Crippen LogP) is 4.86. The maximum Gasteiger partial charge on any atom is 0.436 e. The van der Waals surface area contributed by atoms with E-state index in [1.165, 1.54) is 7.11 Å². The summed E-state index contributed by atoms with van der Waals surface area (Å²) in [6.07, 6.45) is -5.07. The van der Waals surface area contributed by atoms with E-state index in [0.717, 1.165) is 10.4 Å². The van der Waals surface area contributed by atoms with Gasteiger partial charge in [0.05, 0.1) is 22.8 Å². The zero-order valence-electron chi connectivity index (χ0n) is 17.3. The molecular weight excluding hydrogens is 456 g/mol. The zero-order chi connectivity index (χ0) is 22.9. The molecule has 1 unspecified atom stereocenters. The number of hydrogen-bond donors (Lipinski definition) is 0. The van der Waals surface area contributed by atoms with Crippen molar-refractivity contribution in [1.82, 2.24) is 14.7 Å². The summed E-state index contributed by atoms with van der Waals surface area (Å²) >= 11 is 12.1. The van der Waals surface area contributed by atoms with E-state index in [1.807, 2.05) is 12.1 Å². The van der Waals surface area contributed by atoms with Crippen LogP contribution in [0.25, 0.3) is 0 Å². The minimum atomic E-state index is -4.70. The fourth-order valence-corrected chi connectivity index (χ4v) is 4.36. The minimum absolute atomic E-state index is 0.191. The third-order valence-electron chi connectivity index (χ3n) is 5.26. The van der Waals surface area contributed by atoms with E-state index in [9.17, 15) is 18.0 Å². The molecule has 1 aromatic carbocycles. The van der Waals surface area contributed by atoms with Crippen molar-refractivity contribution in [3.8, 4) is 5.75 Å². The standard InChI is InChI=1S/C20H23Cl2F3N4O2/c1-12(2)18-17(22)19(20(23,24)25)26-29(18)16(11-30)28-8-6-27(7-9-28)13-4-5-14(21)15(10-13)31-3/h4-5,10-12,16H,6-9H2,1-3H3. The van der Waals surface area contributed by atoms with Gasteiger partial charge in [0.2, 0.25) is 0 Å². The molecule has 0 aliphatic carbocycles. The average molecular weight is 479 g/mol. The van der Waals surface area contributed by atoms with E-state index in [0.29, 0.717) is 43.2 Å². The molecule has 11 heteroatoms. The molecule has 1 aliphatic rings. The number of benzene rings is 1. The van der Waals surface area contributed by atoms with Gasteiger partial charge in [-0.25, -0.2) is 4.68 Å². The molecule has 1 fully saturated rings. The lowest BCUT2D eigenvalue weighted by molar-refractivity contribution is -0.142. The first-order valence-corrected chi connectivity index (χ1v) is 10.5. The summed E-state index contributed by atoms with van der Waals surface area (Å²) in [5, 5.41) is 3.75. The largest absolute Gasteiger partial charge is 0.495 e. The fraction of sp³-hybridized carbons (Fsp3) is 0.500. The first-order valence-electron chi connectivity index (χ1n) is 9.71. The van der Waals surface area contributed by atoms with E-state index < -0.39 is 23.1 Å². The Morgan fingerprint density at radius 3 is 2.32 bits per heavy atom. The van der Waals surface area contributed by atoms with Crippen LogP contribution in [0.3, 0.4) is 0 Å². The van der Waals surface area contributed by atoms with Crippen molar-refractivity contribution in [1.29, 1.82) is 0 Å². The Kier molecular flexibility index (Phi) is 7.08. The summed E-state index contributed by atoms with van der Waals surface area (Å²) in [4.78, 5) is 15.8. The zero-order valence-corrected chi connectivity index (χ0v) is 18.8. The van der Waals surface area contributed by atoms with Crippen LogP contribution >= 0.6 is 23.2 Å². The molecule has 6 nitrogen and oxygen atoms in total.